The first-order chi connectivity index (χ1) is 20.2. The minimum atomic E-state index is -4.99. The van der Waals surface area contributed by atoms with Crippen molar-refractivity contribution in [1.29, 1.82) is 5.41 Å². The van der Waals surface area contributed by atoms with Crippen LogP contribution in [0.25, 0.3) is 0 Å². The number of thiazole rings is 1. The van der Waals surface area contributed by atoms with Gasteiger partial charge in [0.15, 0.2) is 0 Å². The molecule has 1 atom stereocenters. The first kappa shape index (κ1) is 33.0. The lowest BCUT2D eigenvalue weighted by Crippen LogP contribution is -2.36. The van der Waals surface area contributed by atoms with Crippen LogP contribution < -0.4 is 14.2 Å². The van der Waals surface area contributed by atoms with Crippen LogP contribution in [0.4, 0.5) is 31.5 Å². The zero-order valence-electron chi connectivity index (χ0n) is 22.7. The fourth-order valence-electron chi connectivity index (χ4n) is 5.00. The van der Waals surface area contributed by atoms with Crippen molar-refractivity contribution in [3.05, 3.63) is 81.9 Å². The van der Waals surface area contributed by atoms with Crippen LogP contribution in [-0.4, -0.2) is 41.4 Å². The van der Waals surface area contributed by atoms with Crippen LogP contribution in [0, 0.1) is 5.41 Å². The molecule has 15 heteroatoms. The van der Waals surface area contributed by atoms with E-state index in [1.807, 2.05) is 18.2 Å². The van der Waals surface area contributed by atoms with Crippen LogP contribution in [0.15, 0.2) is 53.9 Å². The molecule has 1 saturated heterocycles. The molecule has 43 heavy (non-hydrogen) atoms. The zero-order valence-corrected chi connectivity index (χ0v) is 25.7. The number of rotatable bonds is 9. The van der Waals surface area contributed by atoms with E-state index in [1.54, 1.807) is 28.2 Å². The summed E-state index contributed by atoms with van der Waals surface area (Å²) >= 11 is 2.95. The summed E-state index contributed by atoms with van der Waals surface area (Å²) in [7, 11) is 0. The summed E-state index contributed by atoms with van der Waals surface area (Å²) in [4.78, 5) is 20.1. The van der Waals surface area contributed by atoms with Gasteiger partial charge in [-0.25, -0.2) is 8.10 Å². The molecule has 7 nitrogen and oxygen atoms in total. The van der Waals surface area contributed by atoms with Crippen molar-refractivity contribution in [2.24, 2.45) is 5.73 Å². The summed E-state index contributed by atoms with van der Waals surface area (Å²) in [5.74, 6) is -1.24. The molecule has 0 radical (unpaired) electrons. The number of guanidine groups is 1. The van der Waals surface area contributed by atoms with E-state index in [0.717, 1.165) is 37.3 Å². The van der Waals surface area contributed by atoms with Gasteiger partial charge in [0.05, 0.1) is 45.6 Å². The first-order valence-electron chi connectivity index (χ1n) is 13.3. The van der Waals surface area contributed by atoms with Gasteiger partial charge in [0.25, 0.3) is 0 Å². The summed E-state index contributed by atoms with van der Waals surface area (Å²) in [6, 6.07) is 11.5. The van der Waals surface area contributed by atoms with E-state index in [0.29, 0.717) is 41.8 Å². The number of amides is 1. The normalized spacial score (nSPS) is 15.7. The van der Waals surface area contributed by atoms with Crippen LogP contribution in [-0.2, 0) is 23.7 Å². The highest BCUT2D eigenvalue weighted by Crippen LogP contribution is 2.37. The second-order valence-electron chi connectivity index (χ2n) is 10.2. The van der Waals surface area contributed by atoms with E-state index in [-0.39, 0.29) is 17.6 Å². The third-order valence-electron chi connectivity index (χ3n) is 7.27. The lowest BCUT2D eigenvalue weighted by molar-refractivity contribution is -0.143. The maximum atomic E-state index is 13.4. The smallest absolute Gasteiger partial charge is 0.369 e. The Bertz CT molecular complexity index is 1380. The molecular formula is C28H29F6IN6OS. The Kier molecular flexibility index (Phi) is 10.6. The molecule has 0 bridgehead atoms. The van der Waals surface area contributed by atoms with Crippen molar-refractivity contribution in [3.63, 3.8) is 0 Å². The van der Waals surface area contributed by atoms with Crippen molar-refractivity contribution in [2.75, 3.05) is 22.7 Å². The van der Waals surface area contributed by atoms with Crippen molar-refractivity contribution in [3.8, 4) is 0 Å². The molecule has 4 rings (SSSR count). The van der Waals surface area contributed by atoms with E-state index in [2.05, 4.69) is 27.3 Å². The van der Waals surface area contributed by atoms with Gasteiger partial charge in [0.2, 0.25) is 17.0 Å². The molecule has 1 amide bonds. The Hall–Kier alpha value is -2.92. The third kappa shape index (κ3) is 8.81. The summed E-state index contributed by atoms with van der Waals surface area (Å²) in [5, 5.41) is 12.2. The van der Waals surface area contributed by atoms with Crippen LogP contribution in [0.1, 0.15) is 59.0 Å². The number of nitrogens with two attached hydrogens (primary N) is 1. The van der Waals surface area contributed by atoms with Gasteiger partial charge in [-0.2, -0.15) is 26.3 Å². The number of nitrogens with one attached hydrogen (secondary N) is 2. The summed E-state index contributed by atoms with van der Waals surface area (Å²) in [6.45, 7) is 1.63. The van der Waals surface area contributed by atoms with Gasteiger partial charge in [-0.3, -0.25) is 10.2 Å². The van der Waals surface area contributed by atoms with Crippen LogP contribution in [0.2, 0.25) is 0 Å². The average molecular weight is 739 g/mol. The predicted molar refractivity (Wildman–Crippen MR) is 161 cm³/mol. The summed E-state index contributed by atoms with van der Waals surface area (Å²) in [6.07, 6.45) is -7.77. The highest BCUT2D eigenvalue weighted by Gasteiger charge is 2.37. The van der Waals surface area contributed by atoms with Gasteiger partial charge in [0, 0.05) is 11.9 Å². The van der Waals surface area contributed by atoms with E-state index < -0.39 is 41.8 Å². The lowest BCUT2D eigenvalue weighted by atomic mass is 9.89. The third-order valence-corrected chi connectivity index (χ3v) is 9.42. The number of nitrogens with zero attached hydrogens (tertiary/aromatic N) is 3. The number of halogens is 7. The maximum absolute atomic E-state index is 13.4. The number of benzene rings is 2. The van der Waals surface area contributed by atoms with Crippen molar-refractivity contribution in [1.82, 2.24) is 15.2 Å². The molecule has 1 aromatic heterocycles. The molecule has 1 unspecified atom stereocenters. The number of anilines is 1. The second kappa shape index (κ2) is 13.8. The second-order valence-corrected chi connectivity index (χ2v) is 12.0. The fourth-order valence-corrected chi connectivity index (χ4v) is 6.24. The van der Waals surface area contributed by atoms with E-state index in [4.69, 9.17) is 11.1 Å². The molecule has 0 saturated carbocycles. The van der Waals surface area contributed by atoms with E-state index in [9.17, 15) is 31.1 Å². The first-order valence-corrected chi connectivity index (χ1v) is 15.2. The van der Waals surface area contributed by atoms with Crippen molar-refractivity contribution in [2.45, 2.75) is 50.0 Å². The summed E-state index contributed by atoms with van der Waals surface area (Å²) in [5.41, 5.74) is 3.98. The Morgan fingerprint density at radius 2 is 1.70 bits per heavy atom. The summed E-state index contributed by atoms with van der Waals surface area (Å²) < 4.78 is 81.2. The molecule has 1 fully saturated rings. The number of hydrogen-bond acceptors (Lipinski definition) is 5. The Morgan fingerprint density at radius 1 is 1.09 bits per heavy atom. The number of carbonyl (C=O) groups excluding carboxylic acids is 1. The van der Waals surface area contributed by atoms with Gasteiger partial charge in [-0.05, 0) is 74.1 Å². The number of alkyl halides is 6. The van der Waals surface area contributed by atoms with Gasteiger partial charge in [-0.1, -0.05) is 30.3 Å². The molecule has 232 valence electrons. The molecule has 1 aliphatic heterocycles. The minimum absolute atomic E-state index is 0.0523. The Morgan fingerprint density at radius 3 is 2.26 bits per heavy atom. The van der Waals surface area contributed by atoms with Gasteiger partial charge >= 0.3 is 12.4 Å². The molecule has 2 heterocycles. The topological polar surface area (TPSA) is 98.3 Å². The highest BCUT2D eigenvalue weighted by molar-refractivity contribution is 14.1. The monoisotopic (exact) mass is 738 g/mol. The highest BCUT2D eigenvalue weighted by atomic mass is 127. The van der Waals surface area contributed by atoms with Crippen molar-refractivity contribution < 1.29 is 31.1 Å². The molecule has 3 aromatic rings. The number of hydrogen-bond donors (Lipinski definition) is 3. The quantitative estimate of drug-likeness (QED) is 0.0730. The van der Waals surface area contributed by atoms with Gasteiger partial charge < -0.3 is 16.0 Å². The Balaban J connectivity index is 1.48. The van der Waals surface area contributed by atoms with Gasteiger partial charge in [0.1, 0.15) is 0 Å². The number of likely N-dealkylation sites (tertiary alicyclic amines) is 1. The molecule has 1 aliphatic rings. The minimum Gasteiger partial charge on any atom is -0.369 e. The number of piperidine rings is 1. The fraction of sp³-hybridized carbons (Fsp3) is 0.393. The maximum Gasteiger partial charge on any atom is 0.416 e. The molecular weight excluding hydrogens is 709 g/mol. The molecule has 4 N–H and O–H groups in total. The van der Waals surface area contributed by atoms with Crippen LogP contribution >= 0.6 is 34.2 Å². The van der Waals surface area contributed by atoms with Crippen LogP contribution in [0.5, 0.6) is 0 Å². The molecule has 2 aromatic carbocycles. The molecule has 0 aliphatic carbocycles. The van der Waals surface area contributed by atoms with Gasteiger partial charge in [-0.15, -0.1) is 11.3 Å². The number of carbonyl (C=O) groups is 1. The van der Waals surface area contributed by atoms with E-state index in [1.165, 1.54) is 8.68 Å². The standard InChI is InChI=1S/C28H29F6IN6OS/c29-27(30,31)20-12-17(13-21(14-20)28(32,33)34)15-38-24(42)22(23-16-43-26(39-23)41(35)25(36)37)8-11-40-9-6-19(7-10-40)18-4-2-1-3-5-18/h1-5,12-14,16,19,22H,6-11,15H2,(H3,36,37)(H,38,42). The SMILES string of the molecule is N=C(N)N(I)c1nc(C(CCN2CCC(c3ccccc3)CC2)C(=O)NCc2cc(C(F)(F)F)cc(C(F)(F)F)c2)cs1. The lowest BCUT2D eigenvalue weighted by Gasteiger charge is -2.32. The van der Waals surface area contributed by atoms with E-state index >= 15 is 0 Å². The zero-order chi connectivity index (χ0) is 31.4. The van der Waals surface area contributed by atoms with Crippen LogP contribution in [0.3, 0.4) is 0 Å². The largest absolute Gasteiger partial charge is 0.416 e. The Labute approximate surface area is 262 Å². The van der Waals surface area contributed by atoms with Crippen molar-refractivity contribution >= 4 is 51.2 Å². The predicted octanol–water partition coefficient (Wildman–Crippen LogP) is 6.90. The molecule has 0 spiro atoms. The average Bonchev–Trinajstić information content (AvgIpc) is 3.45. The number of aromatic nitrogens is 1.